The molecule has 164 valence electrons. The fraction of sp³-hybridized carbons (Fsp3) is 0.471. The van der Waals surface area contributed by atoms with Gasteiger partial charge in [-0.05, 0) is 13.0 Å². The number of hydrogen-bond donors (Lipinski definition) is 4. The summed E-state index contributed by atoms with van der Waals surface area (Å²) in [6.07, 6.45) is -0.763. The number of hydrogen-bond acceptors (Lipinski definition) is 7. The lowest BCUT2D eigenvalue weighted by Gasteiger charge is -2.19. The highest BCUT2D eigenvalue weighted by molar-refractivity contribution is 7.15. The van der Waals surface area contributed by atoms with Crippen LogP contribution < -0.4 is 11.1 Å². The lowest BCUT2D eigenvalue weighted by molar-refractivity contribution is -0.114. The quantitative estimate of drug-likeness (QED) is 0.393. The molecule has 0 unspecified atom stereocenters. The molecule has 0 radical (unpaired) electrons. The van der Waals surface area contributed by atoms with E-state index in [4.69, 9.17) is 21.3 Å². The summed E-state index contributed by atoms with van der Waals surface area (Å²) in [5.41, 5.74) is 4.74. The molecule has 1 amide bonds. The maximum absolute atomic E-state index is 12.3. The predicted molar refractivity (Wildman–Crippen MR) is 108 cm³/mol. The molecule has 1 aliphatic rings. The summed E-state index contributed by atoms with van der Waals surface area (Å²) in [5, 5.41) is 18.3. The highest BCUT2D eigenvalue weighted by Gasteiger charge is 2.34. The molecule has 2 atom stereocenters. The van der Waals surface area contributed by atoms with Crippen LogP contribution in [0.2, 0.25) is 0 Å². The third-order valence-corrected chi connectivity index (χ3v) is 4.98. The number of carbonyl (C=O) groups excluding carboxylic acids is 1. The maximum atomic E-state index is 12.3. The number of aliphatic imine (C=N–C) groups is 1. The highest BCUT2D eigenvalue weighted by atomic mass is 32.1. The van der Waals surface area contributed by atoms with E-state index < -0.39 is 17.8 Å². The van der Waals surface area contributed by atoms with Gasteiger partial charge in [0, 0.05) is 49.6 Å². The van der Waals surface area contributed by atoms with E-state index >= 15 is 0 Å². The Morgan fingerprint density at radius 1 is 1.50 bits per heavy atom. The van der Waals surface area contributed by atoms with Crippen molar-refractivity contribution in [1.82, 2.24) is 9.88 Å². The average molecular weight is 445 g/mol. The van der Waals surface area contributed by atoms with Crippen molar-refractivity contribution in [2.75, 3.05) is 11.9 Å². The zero-order valence-electron chi connectivity index (χ0n) is 16.3. The fourth-order valence-electron chi connectivity index (χ4n) is 2.74. The van der Waals surface area contributed by atoms with Crippen molar-refractivity contribution in [1.29, 1.82) is 10.8 Å². The number of aromatic nitrogens is 1. The molecule has 1 saturated heterocycles. The molecule has 2 heterocycles. The van der Waals surface area contributed by atoms with Gasteiger partial charge in [-0.15, -0.1) is 11.3 Å². The number of nitrogens with two attached hydrogens (primary N) is 1. The number of carbonyl (C=O) groups is 1. The molecule has 1 fully saturated rings. The number of nitrogens with zero attached hydrogens (tertiary/aromatic N) is 3. The summed E-state index contributed by atoms with van der Waals surface area (Å²) < 4.78 is 42.4. The zero-order valence-corrected chi connectivity index (χ0v) is 17.1. The third kappa shape index (κ3) is 7.22. The van der Waals surface area contributed by atoms with E-state index in [-0.39, 0.29) is 24.0 Å². The minimum absolute atomic E-state index is 0.174. The molecule has 1 aromatic heterocycles. The van der Waals surface area contributed by atoms with Crippen molar-refractivity contribution in [2.45, 2.75) is 45.1 Å². The average Bonchev–Trinajstić information content (AvgIpc) is 3.18. The number of halogens is 3. The first-order chi connectivity index (χ1) is 13.9. The number of nitrogens with one attached hydrogen (secondary N) is 3. The maximum Gasteiger partial charge on any atom is 0.449 e. The van der Waals surface area contributed by atoms with Gasteiger partial charge in [0.2, 0.25) is 17.6 Å². The van der Waals surface area contributed by atoms with Gasteiger partial charge in [-0.25, -0.2) is 9.98 Å². The molecule has 1 aromatic rings. The Labute approximate surface area is 174 Å². The number of anilines is 1. The molecule has 9 nitrogen and oxygen atoms in total. The summed E-state index contributed by atoms with van der Waals surface area (Å²) in [6, 6.07) is 0.174. The molecule has 0 aromatic carbocycles. The fourth-order valence-corrected chi connectivity index (χ4v) is 3.63. The molecule has 0 spiro atoms. The Morgan fingerprint density at radius 2 is 2.20 bits per heavy atom. The summed E-state index contributed by atoms with van der Waals surface area (Å²) in [4.78, 5) is 21.3. The third-order valence-electron chi connectivity index (χ3n) is 4.08. The van der Waals surface area contributed by atoms with E-state index in [0.29, 0.717) is 24.6 Å². The summed E-state index contributed by atoms with van der Waals surface area (Å²) in [6.45, 7) is 4.58. The Hall–Kier alpha value is -2.80. The first kappa shape index (κ1) is 23.5. The van der Waals surface area contributed by atoms with Crippen LogP contribution in [0.3, 0.4) is 0 Å². The highest BCUT2D eigenvalue weighted by Crippen LogP contribution is 2.26. The summed E-state index contributed by atoms with van der Waals surface area (Å²) in [7, 11) is 0. The number of likely N-dealkylation sites (tertiary alicyclic amines) is 1. The Balaban J connectivity index is 1.85. The van der Waals surface area contributed by atoms with Gasteiger partial charge in [0.1, 0.15) is 11.9 Å². The normalized spacial score (nSPS) is 20.5. The topological polar surface area (TPSA) is 141 Å². The largest absolute Gasteiger partial charge is 0.473 e. The molecule has 30 heavy (non-hydrogen) atoms. The number of amides is 1. The number of amidine groups is 2. The summed E-state index contributed by atoms with van der Waals surface area (Å²) in [5.74, 6) is -2.84. The molecule has 0 saturated carbocycles. The first-order valence-electron chi connectivity index (χ1n) is 8.83. The van der Waals surface area contributed by atoms with Gasteiger partial charge >= 0.3 is 6.18 Å². The van der Waals surface area contributed by atoms with Gasteiger partial charge in [-0.1, -0.05) is 0 Å². The summed E-state index contributed by atoms with van der Waals surface area (Å²) >= 11 is 1.38. The number of rotatable bonds is 6. The lowest BCUT2D eigenvalue weighted by Crippen LogP contribution is -2.32. The van der Waals surface area contributed by atoms with Crippen molar-refractivity contribution in [3.05, 3.63) is 23.2 Å². The van der Waals surface area contributed by atoms with Crippen LogP contribution in [0.1, 0.15) is 25.1 Å². The minimum Gasteiger partial charge on any atom is -0.473 e. The number of ether oxygens (including phenoxy) is 1. The van der Waals surface area contributed by atoms with Crippen LogP contribution in [0.5, 0.6) is 0 Å². The SMILES string of the molecule is CC(=O)Nc1ncc(CN2C[C@H](OC(=N)/C=C\C(=N)N=C(N)C(F)(F)F)C[C@@H]2C)s1. The van der Waals surface area contributed by atoms with Gasteiger partial charge in [0.25, 0.3) is 0 Å². The second kappa shape index (κ2) is 9.80. The van der Waals surface area contributed by atoms with Crippen LogP contribution in [0.15, 0.2) is 23.3 Å². The molecule has 0 aliphatic carbocycles. The van der Waals surface area contributed by atoms with Crippen molar-refractivity contribution in [3.8, 4) is 0 Å². The van der Waals surface area contributed by atoms with Crippen molar-refractivity contribution in [3.63, 3.8) is 0 Å². The van der Waals surface area contributed by atoms with E-state index in [2.05, 4.69) is 20.2 Å². The molecule has 13 heteroatoms. The van der Waals surface area contributed by atoms with E-state index in [1.807, 2.05) is 6.92 Å². The first-order valence-corrected chi connectivity index (χ1v) is 9.65. The van der Waals surface area contributed by atoms with Crippen molar-refractivity contribution < 1.29 is 22.7 Å². The number of thiazole rings is 1. The van der Waals surface area contributed by atoms with Gasteiger partial charge in [-0.3, -0.25) is 20.5 Å². The smallest absolute Gasteiger partial charge is 0.449 e. The number of alkyl halides is 3. The Morgan fingerprint density at radius 3 is 2.83 bits per heavy atom. The lowest BCUT2D eigenvalue weighted by atomic mass is 10.2. The van der Waals surface area contributed by atoms with Crippen LogP contribution in [0.4, 0.5) is 18.3 Å². The van der Waals surface area contributed by atoms with Crippen LogP contribution in [0.25, 0.3) is 0 Å². The van der Waals surface area contributed by atoms with E-state index in [1.165, 1.54) is 18.3 Å². The van der Waals surface area contributed by atoms with Crippen LogP contribution in [-0.2, 0) is 16.1 Å². The van der Waals surface area contributed by atoms with Crippen LogP contribution >= 0.6 is 11.3 Å². The minimum atomic E-state index is -4.81. The predicted octanol–water partition coefficient (Wildman–Crippen LogP) is 2.51. The zero-order chi connectivity index (χ0) is 22.5. The second-order valence-electron chi connectivity index (χ2n) is 6.64. The van der Waals surface area contributed by atoms with Crippen LogP contribution in [-0.4, -0.2) is 58.2 Å². The second-order valence-corrected chi connectivity index (χ2v) is 7.76. The van der Waals surface area contributed by atoms with Crippen molar-refractivity contribution >= 4 is 39.9 Å². The van der Waals surface area contributed by atoms with E-state index in [9.17, 15) is 18.0 Å². The molecule has 5 N–H and O–H groups in total. The van der Waals surface area contributed by atoms with Gasteiger partial charge in [-0.2, -0.15) is 13.2 Å². The molecule has 1 aliphatic heterocycles. The van der Waals surface area contributed by atoms with Crippen LogP contribution in [0, 0.1) is 10.8 Å². The van der Waals surface area contributed by atoms with E-state index in [0.717, 1.165) is 17.0 Å². The van der Waals surface area contributed by atoms with Gasteiger partial charge < -0.3 is 15.8 Å². The van der Waals surface area contributed by atoms with Crippen molar-refractivity contribution in [2.24, 2.45) is 10.7 Å². The molecular weight excluding hydrogens is 423 g/mol. The Kier molecular flexibility index (Phi) is 7.67. The van der Waals surface area contributed by atoms with E-state index in [1.54, 1.807) is 6.20 Å². The molecular formula is C17H22F3N7O2S. The monoisotopic (exact) mass is 445 g/mol. The molecule has 2 rings (SSSR count). The van der Waals surface area contributed by atoms with Gasteiger partial charge in [0.15, 0.2) is 5.13 Å². The van der Waals surface area contributed by atoms with Gasteiger partial charge in [0.05, 0.1) is 0 Å². The standard InChI is InChI=1S/C17H22F3N7O2S/c1-9-5-11(7-27(9)8-12-6-24-16(30-12)25-10(2)28)29-14(22)4-3-13(21)26-15(23)17(18,19)20/h3-4,6,9,11,22H,5,7-8H2,1-2H3,(H3,21,23,26)(H,24,25,28)/b4-3-,22-14?/t9-,11+/m0/s1. The molecule has 0 bridgehead atoms. The Bertz CT molecular complexity index is 866.